The van der Waals surface area contributed by atoms with Gasteiger partial charge in [-0.2, -0.15) is 5.10 Å². The van der Waals surface area contributed by atoms with Crippen LogP contribution in [0.3, 0.4) is 0 Å². The molecule has 17 heavy (non-hydrogen) atoms. The quantitative estimate of drug-likeness (QED) is 0.886. The van der Waals surface area contributed by atoms with E-state index in [2.05, 4.69) is 14.9 Å². The van der Waals surface area contributed by atoms with Gasteiger partial charge in [-0.25, -0.2) is 13.1 Å². The van der Waals surface area contributed by atoms with Crippen LogP contribution in [0.1, 0.15) is 5.56 Å². The van der Waals surface area contributed by atoms with E-state index >= 15 is 0 Å². The Morgan fingerprint density at radius 1 is 1.29 bits per heavy atom. The van der Waals surface area contributed by atoms with Crippen LogP contribution in [0, 0.1) is 0 Å². The van der Waals surface area contributed by atoms with Crippen LogP contribution in [-0.4, -0.2) is 18.6 Å². The normalized spacial score (nSPS) is 11.6. The summed E-state index contributed by atoms with van der Waals surface area (Å²) in [5, 5.41) is 6.67. The standard InChI is InChI=1S/C10H10ClN3O2S/c11-9-3-1-8(2-4-9)5-14-17(15,16)10-6-12-13-7-10/h1-4,6-7,14H,5H2,(H,12,13). The Morgan fingerprint density at radius 3 is 2.59 bits per heavy atom. The molecule has 5 nitrogen and oxygen atoms in total. The number of rotatable bonds is 4. The Morgan fingerprint density at radius 2 is 2.00 bits per heavy atom. The summed E-state index contributed by atoms with van der Waals surface area (Å²) in [4.78, 5) is 0.117. The van der Waals surface area contributed by atoms with Crippen LogP contribution in [0.4, 0.5) is 0 Å². The molecule has 0 radical (unpaired) electrons. The summed E-state index contributed by atoms with van der Waals surface area (Å²) in [7, 11) is -3.50. The first-order chi connectivity index (χ1) is 8.08. The minimum absolute atomic E-state index is 0.117. The third kappa shape index (κ3) is 3.06. The van der Waals surface area contributed by atoms with Gasteiger partial charge in [-0.05, 0) is 17.7 Å². The molecule has 2 N–H and O–H groups in total. The molecular formula is C10H10ClN3O2S. The first kappa shape index (κ1) is 12.1. The van der Waals surface area contributed by atoms with Gasteiger partial charge in [-0.1, -0.05) is 23.7 Å². The molecule has 0 saturated carbocycles. The lowest BCUT2D eigenvalue weighted by Crippen LogP contribution is -2.22. The van der Waals surface area contributed by atoms with E-state index in [-0.39, 0.29) is 11.4 Å². The summed E-state index contributed by atoms with van der Waals surface area (Å²) in [5.74, 6) is 0. The van der Waals surface area contributed by atoms with E-state index in [1.54, 1.807) is 24.3 Å². The van der Waals surface area contributed by atoms with Crippen LogP contribution >= 0.6 is 11.6 Å². The van der Waals surface area contributed by atoms with Crippen molar-refractivity contribution in [1.82, 2.24) is 14.9 Å². The van der Waals surface area contributed by atoms with Gasteiger partial charge in [0.15, 0.2) is 0 Å². The molecule has 0 spiro atoms. The number of nitrogens with one attached hydrogen (secondary N) is 2. The van der Waals surface area contributed by atoms with Crippen molar-refractivity contribution in [1.29, 1.82) is 0 Å². The van der Waals surface area contributed by atoms with Crippen molar-refractivity contribution in [3.05, 3.63) is 47.2 Å². The Labute approximate surface area is 104 Å². The smallest absolute Gasteiger partial charge is 0.243 e. The third-order valence-corrected chi connectivity index (χ3v) is 3.78. The molecule has 0 amide bonds. The van der Waals surface area contributed by atoms with E-state index in [4.69, 9.17) is 11.6 Å². The summed E-state index contributed by atoms with van der Waals surface area (Å²) in [6.07, 6.45) is 2.58. The third-order valence-electron chi connectivity index (χ3n) is 2.16. The molecule has 1 heterocycles. The Bertz CT molecular complexity index is 579. The molecule has 0 fully saturated rings. The molecular weight excluding hydrogens is 262 g/mol. The number of aromatic amines is 1. The topological polar surface area (TPSA) is 74.8 Å². The van der Waals surface area contributed by atoms with E-state index in [1.807, 2.05) is 0 Å². The minimum atomic E-state index is -3.50. The first-order valence-corrected chi connectivity index (χ1v) is 6.67. The lowest BCUT2D eigenvalue weighted by atomic mass is 10.2. The van der Waals surface area contributed by atoms with Crippen LogP contribution in [-0.2, 0) is 16.6 Å². The van der Waals surface area contributed by atoms with Crippen molar-refractivity contribution in [3.8, 4) is 0 Å². The highest BCUT2D eigenvalue weighted by atomic mass is 35.5. The van der Waals surface area contributed by atoms with E-state index < -0.39 is 10.0 Å². The van der Waals surface area contributed by atoms with E-state index in [1.165, 1.54) is 12.4 Å². The Balaban J connectivity index is 2.06. The number of H-pyrrole nitrogens is 1. The van der Waals surface area contributed by atoms with Crippen molar-refractivity contribution in [2.45, 2.75) is 11.4 Å². The van der Waals surface area contributed by atoms with Gasteiger partial charge < -0.3 is 0 Å². The van der Waals surface area contributed by atoms with Crippen molar-refractivity contribution in [3.63, 3.8) is 0 Å². The van der Waals surface area contributed by atoms with Gasteiger partial charge in [0.25, 0.3) is 0 Å². The Kier molecular flexibility index (Phi) is 3.46. The van der Waals surface area contributed by atoms with Gasteiger partial charge in [0, 0.05) is 17.8 Å². The maximum absolute atomic E-state index is 11.7. The van der Waals surface area contributed by atoms with Gasteiger partial charge in [0.2, 0.25) is 10.0 Å². The molecule has 0 unspecified atom stereocenters. The molecule has 0 aliphatic rings. The molecule has 0 bridgehead atoms. The zero-order chi connectivity index (χ0) is 12.3. The molecule has 1 aromatic heterocycles. The van der Waals surface area contributed by atoms with E-state index in [0.29, 0.717) is 5.02 Å². The van der Waals surface area contributed by atoms with Gasteiger partial charge in [-0.15, -0.1) is 0 Å². The van der Waals surface area contributed by atoms with Crippen molar-refractivity contribution >= 4 is 21.6 Å². The maximum atomic E-state index is 11.7. The molecule has 2 rings (SSSR count). The van der Waals surface area contributed by atoms with E-state index in [9.17, 15) is 8.42 Å². The maximum Gasteiger partial charge on any atom is 0.243 e. The number of benzene rings is 1. The van der Waals surface area contributed by atoms with Crippen LogP contribution in [0.25, 0.3) is 0 Å². The van der Waals surface area contributed by atoms with Crippen LogP contribution in [0.2, 0.25) is 5.02 Å². The minimum Gasteiger partial charge on any atom is -0.284 e. The van der Waals surface area contributed by atoms with Gasteiger partial charge >= 0.3 is 0 Å². The van der Waals surface area contributed by atoms with E-state index in [0.717, 1.165) is 5.56 Å². The fraction of sp³-hybridized carbons (Fsp3) is 0.100. The number of halogens is 1. The van der Waals surface area contributed by atoms with Crippen LogP contribution in [0.15, 0.2) is 41.6 Å². The zero-order valence-corrected chi connectivity index (χ0v) is 10.3. The average molecular weight is 272 g/mol. The van der Waals surface area contributed by atoms with Crippen molar-refractivity contribution in [2.75, 3.05) is 0 Å². The predicted octanol–water partition coefficient (Wildman–Crippen LogP) is 1.54. The molecule has 7 heteroatoms. The largest absolute Gasteiger partial charge is 0.284 e. The lowest BCUT2D eigenvalue weighted by Gasteiger charge is -2.04. The van der Waals surface area contributed by atoms with Crippen molar-refractivity contribution in [2.24, 2.45) is 0 Å². The van der Waals surface area contributed by atoms with Crippen LogP contribution < -0.4 is 4.72 Å². The molecule has 90 valence electrons. The molecule has 0 saturated heterocycles. The molecule has 0 aliphatic carbocycles. The second-order valence-electron chi connectivity index (χ2n) is 3.39. The SMILES string of the molecule is O=S(=O)(NCc1ccc(Cl)cc1)c1cn[nH]c1. The summed E-state index contributed by atoms with van der Waals surface area (Å²) >= 11 is 5.73. The highest BCUT2D eigenvalue weighted by molar-refractivity contribution is 7.89. The average Bonchev–Trinajstić information content (AvgIpc) is 2.82. The summed E-state index contributed by atoms with van der Waals surface area (Å²) in [6, 6.07) is 6.95. The van der Waals surface area contributed by atoms with Gasteiger partial charge in [-0.3, -0.25) is 5.10 Å². The van der Waals surface area contributed by atoms with Crippen molar-refractivity contribution < 1.29 is 8.42 Å². The number of sulfonamides is 1. The number of aromatic nitrogens is 2. The molecule has 0 aliphatic heterocycles. The molecule has 1 aromatic carbocycles. The van der Waals surface area contributed by atoms with Gasteiger partial charge in [0.05, 0.1) is 6.20 Å². The fourth-order valence-corrected chi connectivity index (χ4v) is 2.30. The summed E-state index contributed by atoms with van der Waals surface area (Å²) < 4.78 is 25.9. The molecule has 0 atom stereocenters. The first-order valence-electron chi connectivity index (χ1n) is 4.81. The number of hydrogen-bond donors (Lipinski definition) is 2. The number of hydrogen-bond acceptors (Lipinski definition) is 3. The fourth-order valence-electron chi connectivity index (χ4n) is 1.25. The summed E-state index contributed by atoms with van der Waals surface area (Å²) in [5.41, 5.74) is 0.835. The lowest BCUT2D eigenvalue weighted by molar-refractivity contribution is 0.581. The summed E-state index contributed by atoms with van der Waals surface area (Å²) in [6.45, 7) is 0.213. The Hall–Kier alpha value is -1.37. The highest BCUT2D eigenvalue weighted by Crippen LogP contribution is 2.10. The highest BCUT2D eigenvalue weighted by Gasteiger charge is 2.14. The van der Waals surface area contributed by atoms with Crippen LogP contribution in [0.5, 0.6) is 0 Å². The zero-order valence-electron chi connectivity index (χ0n) is 8.72. The number of nitrogens with zero attached hydrogens (tertiary/aromatic N) is 1. The monoisotopic (exact) mass is 271 g/mol. The second-order valence-corrected chi connectivity index (χ2v) is 5.59. The molecule has 2 aromatic rings. The second kappa shape index (κ2) is 4.87. The predicted molar refractivity (Wildman–Crippen MR) is 64.1 cm³/mol. The van der Waals surface area contributed by atoms with Gasteiger partial charge in [0.1, 0.15) is 4.90 Å².